The molecule has 1 aliphatic heterocycles. The fourth-order valence-electron chi connectivity index (χ4n) is 2.24. The first-order valence-electron chi connectivity index (χ1n) is 6.92. The Bertz CT molecular complexity index is 769. The number of hydrogen-bond donors (Lipinski definition) is 3. The van der Waals surface area contributed by atoms with Crippen LogP contribution in [-0.2, 0) is 0 Å². The minimum atomic E-state index is -0.0327. The molecular formula is C16H16N6O. The molecule has 0 unspecified atom stereocenters. The maximum absolute atomic E-state index is 8.30. The number of hydrazine groups is 2. The molecule has 2 aromatic rings. The molecular weight excluding hydrogens is 292 g/mol. The van der Waals surface area contributed by atoms with Crippen LogP contribution in [-0.4, -0.2) is 29.6 Å². The van der Waals surface area contributed by atoms with Gasteiger partial charge in [0.15, 0.2) is 17.4 Å². The Morgan fingerprint density at radius 2 is 1.61 bits per heavy atom. The summed E-state index contributed by atoms with van der Waals surface area (Å²) < 4.78 is 5.10. The third-order valence-electron chi connectivity index (χ3n) is 3.42. The summed E-state index contributed by atoms with van der Waals surface area (Å²) in [7, 11) is 1.59. The number of nitrogens with two attached hydrogens (primary N) is 1. The summed E-state index contributed by atoms with van der Waals surface area (Å²) in [5.74, 6) is 6.67. The molecule has 0 atom stereocenters. The van der Waals surface area contributed by atoms with Crippen molar-refractivity contribution in [1.82, 2.24) is 5.12 Å². The van der Waals surface area contributed by atoms with Crippen LogP contribution in [0.3, 0.4) is 0 Å². The van der Waals surface area contributed by atoms with E-state index in [1.165, 1.54) is 5.01 Å². The number of benzene rings is 2. The number of para-hydroxylation sites is 1. The number of aliphatic imine (C=N–C) groups is 1. The molecule has 1 aliphatic rings. The third-order valence-corrected chi connectivity index (χ3v) is 3.42. The smallest absolute Gasteiger partial charge is 0.187 e. The van der Waals surface area contributed by atoms with E-state index >= 15 is 0 Å². The molecule has 1 saturated heterocycles. The summed E-state index contributed by atoms with van der Waals surface area (Å²) in [5, 5.41) is 19.0. The second kappa shape index (κ2) is 5.90. The van der Waals surface area contributed by atoms with Crippen molar-refractivity contribution in [3.05, 3.63) is 54.6 Å². The van der Waals surface area contributed by atoms with E-state index in [1.807, 2.05) is 30.3 Å². The van der Waals surface area contributed by atoms with Crippen LogP contribution in [0.25, 0.3) is 0 Å². The summed E-state index contributed by atoms with van der Waals surface area (Å²) >= 11 is 0. The van der Waals surface area contributed by atoms with Gasteiger partial charge in [0.05, 0.1) is 18.5 Å². The van der Waals surface area contributed by atoms with E-state index in [0.717, 1.165) is 10.9 Å². The number of rotatable bonds is 3. The minimum Gasteiger partial charge on any atom is -0.497 e. The summed E-state index contributed by atoms with van der Waals surface area (Å²) in [6, 6.07) is 16.3. The van der Waals surface area contributed by atoms with Crippen LogP contribution < -0.4 is 15.6 Å². The number of hydrogen-bond acceptors (Lipinski definition) is 5. The first-order valence-corrected chi connectivity index (χ1v) is 6.92. The minimum absolute atomic E-state index is 0.0327. The summed E-state index contributed by atoms with van der Waals surface area (Å²) in [6.07, 6.45) is 0. The van der Waals surface area contributed by atoms with E-state index < -0.39 is 0 Å². The highest BCUT2D eigenvalue weighted by molar-refractivity contribution is 6.72. The summed E-state index contributed by atoms with van der Waals surface area (Å²) in [4.78, 5) is 4.37. The van der Waals surface area contributed by atoms with Gasteiger partial charge in [0, 0.05) is 0 Å². The van der Waals surface area contributed by atoms with E-state index in [9.17, 15) is 0 Å². The van der Waals surface area contributed by atoms with Crippen molar-refractivity contribution in [2.45, 2.75) is 0 Å². The lowest BCUT2D eigenvalue weighted by Crippen LogP contribution is -2.45. The first kappa shape index (κ1) is 14.7. The van der Waals surface area contributed by atoms with Gasteiger partial charge in [0.2, 0.25) is 0 Å². The highest BCUT2D eigenvalue weighted by Gasteiger charge is 2.36. The van der Waals surface area contributed by atoms with E-state index in [1.54, 1.807) is 31.4 Å². The van der Waals surface area contributed by atoms with Gasteiger partial charge in [-0.2, -0.15) is 5.12 Å². The van der Waals surface area contributed by atoms with Gasteiger partial charge in [-0.25, -0.2) is 15.8 Å². The van der Waals surface area contributed by atoms with E-state index in [4.69, 9.17) is 21.4 Å². The van der Waals surface area contributed by atoms with E-state index in [0.29, 0.717) is 11.4 Å². The summed E-state index contributed by atoms with van der Waals surface area (Å²) in [6.45, 7) is 0. The number of ether oxygens (including phenoxy) is 1. The van der Waals surface area contributed by atoms with Crippen molar-refractivity contribution in [3.8, 4) is 5.75 Å². The normalized spacial score (nSPS) is 16.3. The molecule has 7 heteroatoms. The molecule has 0 saturated carbocycles. The van der Waals surface area contributed by atoms with E-state index in [-0.39, 0.29) is 17.4 Å². The highest BCUT2D eigenvalue weighted by Crippen LogP contribution is 2.23. The number of nitrogens with one attached hydrogen (secondary N) is 2. The fourth-order valence-corrected chi connectivity index (χ4v) is 2.24. The maximum atomic E-state index is 8.30. The third kappa shape index (κ3) is 2.65. The van der Waals surface area contributed by atoms with Crippen molar-refractivity contribution < 1.29 is 4.74 Å². The molecule has 0 bridgehead atoms. The zero-order chi connectivity index (χ0) is 16.4. The van der Waals surface area contributed by atoms with Crippen LogP contribution in [0.15, 0.2) is 59.6 Å². The van der Waals surface area contributed by atoms with Crippen molar-refractivity contribution in [3.63, 3.8) is 0 Å². The second-order valence-electron chi connectivity index (χ2n) is 4.85. The molecule has 4 N–H and O–H groups in total. The summed E-state index contributed by atoms with van der Waals surface area (Å²) in [5.41, 5.74) is 1.53. The molecule has 0 radical (unpaired) electrons. The lowest BCUT2D eigenvalue weighted by atomic mass is 10.2. The van der Waals surface area contributed by atoms with Crippen LogP contribution in [0.2, 0.25) is 0 Å². The molecule has 3 rings (SSSR count). The monoisotopic (exact) mass is 308 g/mol. The van der Waals surface area contributed by atoms with Gasteiger partial charge < -0.3 is 4.74 Å². The topological polar surface area (TPSA) is 102 Å². The van der Waals surface area contributed by atoms with Crippen molar-refractivity contribution in [1.29, 1.82) is 10.8 Å². The van der Waals surface area contributed by atoms with Crippen LogP contribution >= 0.6 is 0 Å². The Morgan fingerprint density at radius 1 is 0.957 bits per heavy atom. The average molecular weight is 308 g/mol. The number of nitrogens with zero attached hydrogens (tertiary/aromatic N) is 3. The standard InChI is InChI=1S/C16H16N6O/c1-23-13-9-7-11(8-10-13)20-14-15(17)21(22(19)16(14)18)12-5-3-2-4-6-12/h2-10,17-18H,19H2,1H3. The van der Waals surface area contributed by atoms with Gasteiger partial charge in [-0.05, 0) is 36.4 Å². The molecule has 1 fully saturated rings. The predicted octanol–water partition coefficient (Wildman–Crippen LogP) is 2.33. The average Bonchev–Trinajstić information content (AvgIpc) is 2.80. The zero-order valence-corrected chi connectivity index (χ0v) is 12.5. The van der Waals surface area contributed by atoms with Crippen molar-refractivity contribution >= 4 is 28.8 Å². The molecule has 116 valence electrons. The Kier molecular flexibility index (Phi) is 3.78. The lowest BCUT2D eigenvalue weighted by molar-refractivity contribution is 0.415. The molecule has 0 aliphatic carbocycles. The van der Waals surface area contributed by atoms with E-state index in [2.05, 4.69) is 4.99 Å². The molecule has 2 aromatic carbocycles. The van der Waals surface area contributed by atoms with Crippen LogP contribution in [0, 0.1) is 10.8 Å². The quantitative estimate of drug-likeness (QED) is 0.757. The maximum Gasteiger partial charge on any atom is 0.187 e. The lowest BCUT2D eigenvalue weighted by Gasteiger charge is -2.24. The molecule has 1 heterocycles. The molecule has 0 aromatic heterocycles. The van der Waals surface area contributed by atoms with Crippen LogP contribution in [0.4, 0.5) is 11.4 Å². The zero-order valence-electron chi connectivity index (χ0n) is 12.5. The number of amidine groups is 2. The Balaban J connectivity index is 1.95. The first-order chi connectivity index (χ1) is 11.1. The molecule has 0 spiro atoms. The Hall–Kier alpha value is -3.19. The largest absolute Gasteiger partial charge is 0.497 e. The van der Waals surface area contributed by atoms with Gasteiger partial charge in [-0.1, -0.05) is 18.2 Å². The number of anilines is 1. The van der Waals surface area contributed by atoms with Crippen LogP contribution in [0.5, 0.6) is 5.75 Å². The van der Waals surface area contributed by atoms with Gasteiger partial charge >= 0.3 is 0 Å². The predicted molar refractivity (Wildman–Crippen MR) is 90.5 cm³/mol. The molecule has 23 heavy (non-hydrogen) atoms. The fraction of sp³-hybridized carbons (Fsp3) is 0.0625. The molecule has 0 amide bonds. The van der Waals surface area contributed by atoms with Gasteiger partial charge in [-0.15, -0.1) is 0 Å². The van der Waals surface area contributed by atoms with Crippen molar-refractivity contribution in [2.24, 2.45) is 10.8 Å². The van der Waals surface area contributed by atoms with Gasteiger partial charge in [0.25, 0.3) is 0 Å². The SMILES string of the molecule is COc1ccc(N=C2C(=N)N(N)N(c3ccccc3)C2=N)cc1. The number of methoxy groups -OCH3 is 1. The second-order valence-corrected chi connectivity index (χ2v) is 4.85. The van der Waals surface area contributed by atoms with Gasteiger partial charge in [-0.3, -0.25) is 10.8 Å². The molecule has 7 nitrogen and oxygen atoms in total. The van der Waals surface area contributed by atoms with Crippen molar-refractivity contribution in [2.75, 3.05) is 12.1 Å². The van der Waals surface area contributed by atoms with Crippen LogP contribution in [0.1, 0.15) is 0 Å². The van der Waals surface area contributed by atoms with Gasteiger partial charge in [0.1, 0.15) is 5.75 Å². The highest BCUT2D eigenvalue weighted by atomic mass is 16.5. The Morgan fingerprint density at radius 3 is 2.22 bits per heavy atom. The Labute approximate surface area is 133 Å².